The van der Waals surface area contributed by atoms with Gasteiger partial charge in [-0.15, -0.1) is 0 Å². The number of aromatic nitrogens is 2. The SMILES string of the molecule is Cc1cccc(Cn2nc(C(F)(F)F)c(C(=O)O)c2Cl)c1. The van der Waals surface area contributed by atoms with E-state index in [1.165, 1.54) is 0 Å². The van der Waals surface area contributed by atoms with E-state index in [2.05, 4.69) is 5.10 Å². The maximum absolute atomic E-state index is 12.8. The van der Waals surface area contributed by atoms with Gasteiger partial charge >= 0.3 is 12.1 Å². The lowest BCUT2D eigenvalue weighted by atomic mass is 10.1. The van der Waals surface area contributed by atoms with Crippen LogP contribution in [0.15, 0.2) is 24.3 Å². The molecule has 0 spiro atoms. The second kappa shape index (κ2) is 5.40. The summed E-state index contributed by atoms with van der Waals surface area (Å²) in [5.41, 5.74) is -0.931. The average Bonchev–Trinajstić information content (AvgIpc) is 2.67. The third-order valence-electron chi connectivity index (χ3n) is 2.79. The molecule has 112 valence electrons. The minimum Gasteiger partial charge on any atom is -0.478 e. The number of halogens is 4. The Balaban J connectivity index is 2.48. The van der Waals surface area contributed by atoms with E-state index in [4.69, 9.17) is 16.7 Å². The zero-order valence-electron chi connectivity index (χ0n) is 10.8. The van der Waals surface area contributed by atoms with Crippen LogP contribution in [0.25, 0.3) is 0 Å². The molecule has 21 heavy (non-hydrogen) atoms. The number of hydrogen-bond acceptors (Lipinski definition) is 2. The summed E-state index contributed by atoms with van der Waals surface area (Å²) in [5.74, 6) is -1.76. The summed E-state index contributed by atoms with van der Waals surface area (Å²) in [7, 11) is 0. The quantitative estimate of drug-likeness (QED) is 0.940. The first-order valence-corrected chi connectivity index (χ1v) is 6.20. The van der Waals surface area contributed by atoms with Gasteiger partial charge in [0.2, 0.25) is 0 Å². The largest absolute Gasteiger partial charge is 0.478 e. The van der Waals surface area contributed by atoms with Crippen LogP contribution in [0.2, 0.25) is 5.15 Å². The van der Waals surface area contributed by atoms with E-state index in [0.717, 1.165) is 10.2 Å². The van der Waals surface area contributed by atoms with Gasteiger partial charge in [0.15, 0.2) is 5.69 Å². The van der Waals surface area contributed by atoms with E-state index in [1.807, 2.05) is 13.0 Å². The molecule has 8 heteroatoms. The van der Waals surface area contributed by atoms with Crippen molar-refractivity contribution in [1.82, 2.24) is 9.78 Å². The standard InChI is InChI=1S/C13H10ClF3N2O2/c1-7-3-2-4-8(5-7)6-19-11(14)9(12(20)21)10(18-19)13(15,16)17/h2-5H,6H2,1H3,(H,20,21). The summed E-state index contributed by atoms with van der Waals surface area (Å²) in [6.45, 7) is 1.79. The molecule has 0 saturated heterocycles. The minimum atomic E-state index is -4.88. The van der Waals surface area contributed by atoms with Gasteiger partial charge in [-0.1, -0.05) is 41.4 Å². The summed E-state index contributed by atoms with van der Waals surface area (Å²) in [4.78, 5) is 11.0. The van der Waals surface area contributed by atoms with Crippen LogP contribution >= 0.6 is 11.6 Å². The molecule has 2 aromatic rings. The van der Waals surface area contributed by atoms with Gasteiger partial charge in [-0.25, -0.2) is 9.48 Å². The summed E-state index contributed by atoms with van der Waals surface area (Å²) >= 11 is 5.74. The molecule has 4 nitrogen and oxygen atoms in total. The van der Waals surface area contributed by atoms with Crippen molar-refractivity contribution in [3.63, 3.8) is 0 Å². The lowest BCUT2D eigenvalue weighted by molar-refractivity contribution is -0.142. The molecular weight excluding hydrogens is 309 g/mol. The number of carbonyl (C=O) groups is 1. The van der Waals surface area contributed by atoms with Crippen LogP contribution in [0.5, 0.6) is 0 Å². The second-order valence-corrected chi connectivity index (χ2v) is 4.82. The summed E-state index contributed by atoms with van der Waals surface area (Å²) in [6, 6.07) is 7.02. The molecule has 0 radical (unpaired) electrons. The molecule has 0 aliphatic rings. The van der Waals surface area contributed by atoms with Gasteiger partial charge in [0.25, 0.3) is 0 Å². The molecule has 1 aromatic heterocycles. The van der Waals surface area contributed by atoms with Gasteiger partial charge in [-0.2, -0.15) is 18.3 Å². The summed E-state index contributed by atoms with van der Waals surface area (Å²) in [5, 5.41) is 11.7. The molecule has 0 bridgehead atoms. The third-order valence-corrected chi connectivity index (χ3v) is 3.17. The zero-order chi connectivity index (χ0) is 15.8. The molecule has 0 saturated carbocycles. The first-order chi connectivity index (χ1) is 9.70. The van der Waals surface area contributed by atoms with Gasteiger partial charge in [-0.05, 0) is 12.5 Å². The Hall–Kier alpha value is -2.02. The number of alkyl halides is 3. The lowest BCUT2D eigenvalue weighted by Gasteiger charge is -2.04. The molecule has 0 atom stereocenters. The van der Waals surface area contributed by atoms with E-state index in [9.17, 15) is 18.0 Å². The van der Waals surface area contributed by atoms with Crippen LogP contribution in [0, 0.1) is 6.92 Å². The van der Waals surface area contributed by atoms with Crippen LogP contribution in [0.4, 0.5) is 13.2 Å². The Morgan fingerprint density at radius 3 is 2.57 bits per heavy atom. The average molecular weight is 319 g/mol. The van der Waals surface area contributed by atoms with E-state index >= 15 is 0 Å². The monoisotopic (exact) mass is 318 g/mol. The predicted octanol–water partition coefficient (Wildman–Crippen LogP) is 3.61. The van der Waals surface area contributed by atoms with E-state index in [1.54, 1.807) is 18.2 Å². The molecule has 2 rings (SSSR count). The Kier molecular flexibility index (Phi) is 3.95. The highest BCUT2D eigenvalue weighted by atomic mass is 35.5. The third kappa shape index (κ3) is 3.18. The van der Waals surface area contributed by atoms with Gasteiger partial charge in [0.05, 0.1) is 6.54 Å². The van der Waals surface area contributed by atoms with Gasteiger partial charge in [-0.3, -0.25) is 0 Å². The fraction of sp³-hybridized carbons (Fsp3) is 0.231. The molecule has 0 aliphatic carbocycles. The summed E-state index contributed by atoms with van der Waals surface area (Å²) < 4.78 is 39.3. The molecule has 0 amide bonds. The van der Waals surface area contributed by atoms with Crippen molar-refractivity contribution in [3.8, 4) is 0 Å². The molecule has 0 unspecified atom stereocenters. The highest BCUT2D eigenvalue weighted by Gasteiger charge is 2.41. The number of rotatable bonds is 3. The molecular formula is C13H10ClF3N2O2. The maximum atomic E-state index is 12.8. The van der Waals surface area contributed by atoms with Crippen molar-refractivity contribution in [2.45, 2.75) is 19.6 Å². The lowest BCUT2D eigenvalue weighted by Crippen LogP contribution is -2.12. The fourth-order valence-electron chi connectivity index (χ4n) is 1.92. The molecule has 1 aromatic carbocycles. The van der Waals surface area contributed by atoms with Crippen molar-refractivity contribution in [2.24, 2.45) is 0 Å². The van der Waals surface area contributed by atoms with Crippen molar-refractivity contribution in [2.75, 3.05) is 0 Å². The topological polar surface area (TPSA) is 55.1 Å². The zero-order valence-corrected chi connectivity index (χ0v) is 11.5. The van der Waals surface area contributed by atoms with Gasteiger partial charge in [0, 0.05) is 0 Å². The van der Waals surface area contributed by atoms with Gasteiger partial charge < -0.3 is 5.11 Å². The van der Waals surface area contributed by atoms with Crippen LogP contribution < -0.4 is 0 Å². The molecule has 0 aliphatic heterocycles. The molecule has 1 N–H and O–H groups in total. The molecule has 0 fully saturated rings. The number of carboxylic acid groups (broad SMARTS) is 1. The van der Waals surface area contributed by atoms with Crippen molar-refractivity contribution >= 4 is 17.6 Å². The Morgan fingerprint density at radius 2 is 2.10 bits per heavy atom. The number of hydrogen-bond donors (Lipinski definition) is 1. The van der Waals surface area contributed by atoms with E-state index in [-0.39, 0.29) is 6.54 Å². The minimum absolute atomic E-state index is 0.0448. The Morgan fingerprint density at radius 1 is 1.43 bits per heavy atom. The number of carboxylic acids is 1. The number of nitrogens with zero attached hydrogens (tertiary/aromatic N) is 2. The second-order valence-electron chi connectivity index (χ2n) is 4.46. The van der Waals surface area contributed by atoms with Crippen molar-refractivity contribution < 1.29 is 23.1 Å². The summed E-state index contributed by atoms with van der Waals surface area (Å²) in [6.07, 6.45) is -4.88. The highest BCUT2D eigenvalue weighted by molar-refractivity contribution is 6.32. The highest BCUT2D eigenvalue weighted by Crippen LogP contribution is 2.34. The Labute approximate surface area is 122 Å². The Bertz CT molecular complexity index is 695. The van der Waals surface area contributed by atoms with E-state index in [0.29, 0.717) is 5.56 Å². The van der Waals surface area contributed by atoms with Crippen LogP contribution in [0.3, 0.4) is 0 Å². The van der Waals surface area contributed by atoms with E-state index < -0.39 is 28.6 Å². The van der Waals surface area contributed by atoms with Crippen LogP contribution in [-0.2, 0) is 12.7 Å². The molecule has 1 heterocycles. The fourth-order valence-corrected chi connectivity index (χ4v) is 2.19. The van der Waals surface area contributed by atoms with Crippen LogP contribution in [-0.4, -0.2) is 20.9 Å². The van der Waals surface area contributed by atoms with Crippen molar-refractivity contribution in [1.29, 1.82) is 0 Å². The first kappa shape index (κ1) is 15.4. The van der Waals surface area contributed by atoms with Crippen molar-refractivity contribution in [3.05, 3.63) is 51.8 Å². The predicted molar refractivity (Wildman–Crippen MR) is 69.5 cm³/mol. The normalized spacial score (nSPS) is 11.7. The number of aryl methyl sites for hydroxylation is 1. The first-order valence-electron chi connectivity index (χ1n) is 5.82. The van der Waals surface area contributed by atoms with Gasteiger partial charge in [0.1, 0.15) is 10.7 Å². The maximum Gasteiger partial charge on any atom is 0.436 e. The smallest absolute Gasteiger partial charge is 0.436 e. The number of aromatic carboxylic acids is 1. The number of benzene rings is 1. The van der Waals surface area contributed by atoms with Crippen LogP contribution in [0.1, 0.15) is 27.2 Å².